The summed E-state index contributed by atoms with van der Waals surface area (Å²) in [6.45, 7) is 2.64. The fourth-order valence-electron chi connectivity index (χ4n) is 2.19. The summed E-state index contributed by atoms with van der Waals surface area (Å²) < 4.78 is 5.07. The molecule has 0 aliphatic heterocycles. The average molecular weight is 262 g/mol. The van der Waals surface area contributed by atoms with Gasteiger partial charge >= 0.3 is 0 Å². The number of guanidine groups is 1. The fraction of sp³-hybridized carbons (Fsp3) is 0.500. The van der Waals surface area contributed by atoms with Crippen LogP contribution in [0.25, 0.3) is 0 Å². The van der Waals surface area contributed by atoms with E-state index in [0.29, 0.717) is 24.5 Å². The van der Waals surface area contributed by atoms with Gasteiger partial charge in [0.1, 0.15) is 0 Å². The summed E-state index contributed by atoms with van der Waals surface area (Å²) in [5.74, 6) is 6.64. The van der Waals surface area contributed by atoms with Gasteiger partial charge in [-0.3, -0.25) is 5.43 Å². The Bertz CT molecular complexity index is 421. The highest BCUT2D eigenvalue weighted by Gasteiger charge is 2.38. The van der Waals surface area contributed by atoms with Crippen LogP contribution in [0.3, 0.4) is 0 Å². The SMILES string of the molecule is COCC(C)NC(=NC1CC1c1ccccc1)NN. The molecule has 0 aromatic heterocycles. The van der Waals surface area contributed by atoms with Crippen LogP contribution in [0.2, 0.25) is 0 Å². The number of nitrogens with one attached hydrogen (secondary N) is 2. The lowest BCUT2D eigenvalue weighted by atomic mass is 10.1. The number of ether oxygens (including phenoxy) is 1. The molecule has 0 radical (unpaired) electrons. The maximum absolute atomic E-state index is 5.49. The van der Waals surface area contributed by atoms with Crippen molar-refractivity contribution < 1.29 is 4.74 Å². The molecule has 2 rings (SSSR count). The molecule has 0 amide bonds. The predicted octanol–water partition coefficient (Wildman–Crippen LogP) is 0.986. The predicted molar refractivity (Wildman–Crippen MR) is 76.8 cm³/mol. The molecule has 19 heavy (non-hydrogen) atoms. The Morgan fingerprint density at radius 3 is 2.84 bits per heavy atom. The molecule has 4 N–H and O–H groups in total. The molecule has 0 saturated heterocycles. The third-order valence-electron chi connectivity index (χ3n) is 3.22. The summed E-state index contributed by atoms with van der Waals surface area (Å²) in [6, 6.07) is 11.0. The van der Waals surface area contributed by atoms with Crippen molar-refractivity contribution in [3.05, 3.63) is 35.9 Å². The lowest BCUT2D eigenvalue weighted by Gasteiger charge is -2.15. The average Bonchev–Trinajstić information content (AvgIpc) is 3.18. The van der Waals surface area contributed by atoms with Gasteiger partial charge in [-0.1, -0.05) is 30.3 Å². The van der Waals surface area contributed by atoms with E-state index < -0.39 is 0 Å². The number of methoxy groups -OCH3 is 1. The molecule has 0 spiro atoms. The zero-order chi connectivity index (χ0) is 13.7. The summed E-state index contributed by atoms with van der Waals surface area (Å²) >= 11 is 0. The number of benzene rings is 1. The van der Waals surface area contributed by atoms with E-state index in [1.54, 1.807) is 7.11 Å². The Hall–Kier alpha value is -1.59. The molecule has 0 heterocycles. The number of hydrogen-bond donors (Lipinski definition) is 3. The van der Waals surface area contributed by atoms with E-state index in [1.165, 1.54) is 5.56 Å². The van der Waals surface area contributed by atoms with Crippen LogP contribution in [0.15, 0.2) is 35.3 Å². The van der Waals surface area contributed by atoms with Crippen LogP contribution in [0.1, 0.15) is 24.8 Å². The molecule has 3 unspecified atom stereocenters. The Morgan fingerprint density at radius 1 is 1.47 bits per heavy atom. The molecular formula is C14H22N4O. The second-order valence-corrected chi connectivity index (χ2v) is 4.94. The first-order valence-corrected chi connectivity index (χ1v) is 6.59. The number of rotatable bonds is 5. The van der Waals surface area contributed by atoms with Gasteiger partial charge in [0.2, 0.25) is 5.96 Å². The Labute approximate surface area is 114 Å². The zero-order valence-electron chi connectivity index (χ0n) is 11.5. The van der Waals surface area contributed by atoms with Gasteiger partial charge in [0, 0.05) is 19.1 Å². The molecule has 1 saturated carbocycles. The van der Waals surface area contributed by atoms with Gasteiger partial charge in [0.25, 0.3) is 0 Å². The van der Waals surface area contributed by atoms with Crippen LogP contribution in [-0.2, 0) is 4.74 Å². The van der Waals surface area contributed by atoms with Gasteiger partial charge in [0.05, 0.1) is 12.6 Å². The molecule has 5 heteroatoms. The van der Waals surface area contributed by atoms with Crippen LogP contribution in [0, 0.1) is 0 Å². The first-order chi connectivity index (χ1) is 9.24. The quantitative estimate of drug-likeness (QED) is 0.320. The minimum absolute atomic E-state index is 0.175. The lowest BCUT2D eigenvalue weighted by molar-refractivity contribution is 0.179. The highest BCUT2D eigenvalue weighted by atomic mass is 16.5. The van der Waals surface area contributed by atoms with E-state index in [1.807, 2.05) is 13.0 Å². The third kappa shape index (κ3) is 3.94. The van der Waals surface area contributed by atoms with Gasteiger partial charge in [-0.05, 0) is 18.9 Å². The zero-order valence-corrected chi connectivity index (χ0v) is 11.5. The van der Waals surface area contributed by atoms with E-state index in [2.05, 4.69) is 40.0 Å². The summed E-state index contributed by atoms with van der Waals surface area (Å²) in [6.07, 6.45) is 1.08. The third-order valence-corrected chi connectivity index (χ3v) is 3.22. The van der Waals surface area contributed by atoms with Crippen molar-refractivity contribution >= 4 is 5.96 Å². The maximum atomic E-state index is 5.49. The molecule has 5 nitrogen and oxygen atoms in total. The fourth-order valence-corrected chi connectivity index (χ4v) is 2.19. The largest absolute Gasteiger partial charge is 0.383 e. The van der Waals surface area contributed by atoms with Crippen LogP contribution in [0.5, 0.6) is 0 Å². The molecule has 0 bridgehead atoms. The molecule has 104 valence electrons. The highest BCUT2D eigenvalue weighted by molar-refractivity contribution is 5.80. The maximum Gasteiger partial charge on any atom is 0.206 e. The van der Waals surface area contributed by atoms with Crippen LogP contribution in [-0.4, -0.2) is 31.8 Å². The summed E-state index contributed by atoms with van der Waals surface area (Å²) in [4.78, 5) is 4.60. The van der Waals surface area contributed by atoms with E-state index in [-0.39, 0.29) is 6.04 Å². The Morgan fingerprint density at radius 2 is 2.21 bits per heavy atom. The molecule has 1 aliphatic carbocycles. The number of nitrogens with zero attached hydrogens (tertiary/aromatic N) is 1. The topological polar surface area (TPSA) is 71.7 Å². The Kier molecular flexibility index (Phi) is 4.76. The van der Waals surface area contributed by atoms with Crippen LogP contribution in [0.4, 0.5) is 0 Å². The van der Waals surface area contributed by atoms with Crippen molar-refractivity contribution in [3.63, 3.8) is 0 Å². The summed E-state index contributed by atoms with van der Waals surface area (Å²) in [7, 11) is 1.68. The molecule has 1 fully saturated rings. The summed E-state index contributed by atoms with van der Waals surface area (Å²) in [5.41, 5.74) is 3.96. The second-order valence-electron chi connectivity index (χ2n) is 4.94. The highest BCUT2D eigenvalue weighted by Crippen LogP contribution is 2.43. The molecule has 1 aromatic carbocycles. The summed E-state index contributed by atoms with van der Waals surface area (Å²) in [5, 5.41) is 3.20. The van der Waals surface area contributed by atoms with Crippen molar-refractivity contribution in [2.45, 2.75) is 31.3 Å². The monoisotopic (exact) mass is 262 g/mol. The van der Waals surface area contributed by atoms with E-state index in [4.69, 9.17) is 10.6 Å². The van der Waals surface area contributed by atoms with Crippen molar-refractivity contribution in [1.29, 1.82) is 0 Å². The van der Waals surface area contributed by atoms with E-state index in [0.717, 1.165) is 6.42 Å². The normalized spacial score (nSPS) is 23.8. The smallest absolute Gasteiger partial charge is 0.206 e. The van der Waals surface area contributed by atoms with E-state index >= 15 is 0 Å². The van der Waals surface area contributed by atoms with Crippen molar-refractivity contribution in [2.75, 3.05) is 13.7 Å². The Balaban J connectivity index is 1.90. The van der Waals surface area contributed by atoms with Crippen LogP contribution < -0.4 is 16.6 Å². The van der Waals surface area contributed by atoms with Crippen LogP contribution >= 0.6 is 0 Å². The van der Waals surface area contributed by atoms with Gasteiger partial charge in [0.15, 0.2) is 0 Å². The lowest BCUT2D eigenvalue weighted by Crippen LogP contribution is -2.47. The van der Waals surface area contributed by atoms with Crippen molar-refractivity contribution in [1.82, 2.24) is 10.7 Å². The van der Waals surface area contributed by atoms with Gasteiger partial charge in [-0.15, -0.1) is 0 Å². The number of aliphatic imine (C=N–C) groups is 1. The van der Waals surface area contributed by atoms with E-state index in [9.17, 15) is 0 Å². The second kappa shape index (κ2) is 6.54. The minimum Gasteiger partial charge on any atom is -0.383 e. The minimum atomic E-state index is 0.175. The molecular weight excluding hydrogens is 240 g/mol. The standard InChI is InChI=1S/C14H22N4O/c1-10(9-19-2)16-14(18-15)17-13-8-12(13)11-6-4-3-5-7-11/h3-7,10,12-13H,8-9,15H2,1-2H3,(H2,16,17,18). The van der Waals surface area contributed by atoms with Gasteiger partial charge < -0.3 is 10.1 Å². The molecule has 1 aromatic rings. The number of hydrogen-bond acceptors (Lipinski definition) is 3. The number of hydrazine groups is 1. The first kappa shape index (κ1) is 13.8. The van der Waals surface area contributed by atoms with Crippen molar-refractivity contribution in [3.8, 4) is 0 Å². The molecule has 3 atom stereocenters. The van der Waals surface area contributed by atoms with Crippen molar-refractivity contribution in [2.24, 2.45) is 10.8 Å². The van der Waals surface area contributed by atoms with Gasteiger partial charge in [-0.25, -0.2) is 10.8 Å². The number of nitrogens with two attached hydrogens (primary N) is 1. The first-order valence-electron chi connectivity index (χ1n) is 6.59. The molecule has 1 aliphatic rings. The van der Waals surface area contributed by atoms with Gasteiger partial charge in [-0.2, -0.15) is 0 Å².